The quantitative estimate of drug-likeness (QED) is 0.639. The lowest BCUT2D eigenvalue weighted by atomic mass is 10.1. The van der Waals surface area contributed by atoms with Gasteiger partial charge in [0, 0.05) is 5.69 Å². The van der Waals surface area contributed by atoms with Crippen molar-refractivity contribution in [3.8, 4) is 6.07 Å². The number of benzene rings is 1. The van der Waals surface area contributed by atoms with Crippen LogP contribution in [0.5, 0.6) is 0 Å². The average Bonchev–Trinajstić information content (AvgIpc) is 2.27. The Kier molecular flexibility index (Phi) is 10.3. The first kappa shape index (κ1) is 15.0. The van der Waals surface area contributed by atoms with Crippen molar-refractivity contribution in [3.05, 3.63) is 29.3 Å². The van der Waals surface area contributed by atoms with E-state index < -0.39 is 0 Å². The largest absolute Gasteiger partial charge is 0.399 e. The van der Waals surface area contributed by atoms with E-state index in [0.29, 0.717) is 11.3 Å². The van der Waals surface area contributed by atoms with Crippen molar-refractivity contribution in [2.24, 2.45) is 0 Å². The van der Waals surface area contributed by atoms with Crippen molar-refractivity contribution < 1.29 is 0 Å². The molecule has 0 heterocycles. The highest BCUT2D eigenvalue weighted by atomic mass is 14.5. The van der Waals surface area contributed by atoms with Crippen LogP contribution in [0.15, 0.2) is 18.2 Å². The minimum absolute atomic E-state index is 0.641. The van der Waals surface area contributed by atoms with E-state index in [1.807, 2.05) is 40.7 Å². The fourth-order valence-electron chi connectivity index (χ4n) is 0.760. The molecule has 1 aromatic rings. The van der Waals surface area contributed by atoms with E-state index >= 15 is 0 Å². The van der Waals surface area contributed by atoms with Gasteiger partial charge in [0.15, 0.2) is 0 Å². The predicted molar refractivity (Wildman–Crippen MR) is 63.0 cm³/mol. The molecule has 2 heteroatoms. The molecule has 0 amide bonds. The lowest BCUT2D eigenvalue weighted by Crippen LogP contribution is -1.87. The van der Waals surface area contributed by atoms with E-state index in [4.69, 9.17) is 11.0 Å². The van der Waals surface area contributed by atoms with Crippen LogP contribution in [-0.2, 0) is 0 Å². The molecule has 0 spiro atoms. The maximum absolute atomic E-state index is 8.54. The minimum atomic E-state index is 0.641. The normalized spacial score (nSPS) is 7.14. The van der Waals surface area contributed by atoms with Gasteiger partial charge in [0.1, 0.15) is 0 Å². The molecule has 1 aromatic carbocycles. The van der Waals surface area contributed by atoms with Crippen LogP contribution in [-0.4, -0.2) is 0 Å². The SMILES string of the molecule is CC.CC.Cc1ccc(N)cc1C#N. The Bertz CT molecular complexity index is 285. The molecule has 2 nitrogen and oxygen atoms in total. The van der Waals surface area contributed by atoms with Gasteiger partial charge in [0.05, 0.1) is 11.6 Å². The Hall–Kier alpha value is -1.49. The number of hydrogen-bond acceptors (Lipinski definition) is 2. The number of rotatable bonds is 0. The van der Waals surface area contributed by atoms with Gasteiger partial charge < -0.3 is 5.73 Å². The number of anilines is 1. The summed E-state index contributed by atoms with van der Waals surface area (Å²) in [7, 11) is 0. The van der Waals surface area contributed by atoms with Crippen LogP contribution in [0, 0.1) is 18.3 Å². The van der Waals surface area contributed by atoms with Crippen LogP contribution in [0.25, 0.3) is 0 Å². The molecule has 0 aliphatic carbocycles. The molecule has 0 bridgehead atoms. The fraction of sp³-hybridized carbons (Fsp3) is 0.417. The average molecular weight is 192 g/mol. The molecular weight excluding hydrogens is 172 g/mol. The number of aryl methyl sites for hydroxylation is 1. The van der Waals surface area contributed by atoms with Gasteiger partial charge in [-0.25, -0.2) is 0 Å². The first-order valence-corrected chi connectivity index (χ1v) is 5.00. The lowest BCUT2D eigenvalue weighted by molar-refractivity contribution is 1.40. The molecule has 0 fully saturated rings. The zero-order valence-electron chi connectivity index (χ0n) is 9.76. The molecular formula is C12H20N2. The molecule has 78 valence electrons. The van der Waals surface area contributed by atoms with Crippen LogP contribution in [0.4, 0.5) is 5.69 Å². The van der Waals surface area contributed by atoms with Gasteiger partial charge in [-0.1, -0.05) is 33.8 Å². The van der Waals surface area contributed by atoms with Gasteiger partial charge >= 0.3 is 0 Å². The first-order chi connectivity index (χ1) is 6.74. The maximum Gasteiger partial charge on any atom is 0.0995 e. The fourth-order valence-corrected chi connectivity index (χ4v) is 0.760. The third-order valence-electron chi connectivity index (χ3n) is 1.38. The van der Waals surface area contributed by atoms with Gasteiger partial charge in [0.2, 0.25) is 0 Å². The molecule has 0 atom stereocenters. The Morgan fingerprint density at radius 1 is 1.14 bits per heavy atom. The van der Waals surface area contributed by atoms with E-state index in [1.54, 1.807) is 12.1 Å². The summed E-state index contributed by atoms with van der Waals surface area (Å²) >= 11 is 0. The van der Waals surface area contributed by atoms with Crippen LogP contribution in [0.3, 0.4) is 0 Å². The molecule has 0 aliphatic rings. The van der Waals surface area contributed by atoms with Gasteiger partial charge in [-0.2, -0.15) is 5.26 Å². The number of nitriles is 1. The van der Waals surface area contributed by atoms with Crippen LogP contribution in [0.1, 0.15) is 38.8 Å². The third kappa shape index (κ3) is 5.21. The second-order valence-electron chi connectivity index (χ2n) is 2.19. The Labute approximate surface area is 87.4 Å². The Balaban J connectivity index is 0. The zero-order chi connectivity index (χ0) is 11.6. The van der Waals surface area contributed by atoms with Crippen molar-refractivity contribution in [2.75, 3.05) is 5.73 Å². The highest BCUT2D eigenvalue weighted by Crippen LogP contribution is 2.10. The van der Waals surface area contributed by atoms with E-state index in [0.717, 1.165) is 5.56 Å². The van der Waals surface area contributed by atoms with E-state index in [1.165, 1.54) is 0 Å². The van der Waals surface area contributed by atoms with Crippen LogP contribution < -0.4 is 5.73 Å². The predicted octanol–water partition coefficient (Wildman–Crippen LogP) is 3.50. The van der Waals surface area contributed by atoms with E-state index in [9.17, 15) is 0 Å². The lowest BCUT2D eigenvalue weighted by Gasteiger charge is -1.96. The second-order valence-corrected chi connectivity index (χ2v) is 2.19. The maximum atomic E-state index is 8.54. The highest BCUT2D eigenvalue weighted by Gasteiger charge is 1.94. The topological polar surface area (TPSA) is 49.8 Å². The molecule has 2 N–H and O–H groups in total. The molecule has 0 aliphatic heterocycles. The zero-order valence-corrected chi connectivity index (χ0v) is 9.76. The van der Waals surface area contributed by atoms with Gasteiger partial charge in [-0.3, -0.25) is 0 Å². The molecule has 0 saturated carbocycles. The molecule has 0 aromatic heterocycles. The van der Waals surface area contributed by atoms with Crippen molar-refractivity contribution in [1.29, 1.82) is 5.26 Å². The molecule has 0 radical (unpaired) electrons. The number of nitrogen functional groups attached to an aromatic ring is 1. The Morgan fingerprint density at radius 2 is 1.64 bits per heavy atom. The summed E-state index contributed by atoms with van der Waals surface area (Å²) in [5, 5.41) is 8.54. The molecule has 1 rings (SSSR count). The molecule has 0 unspecified atom stereocenters. The van der Waals surface area contributed by atoms with Crippen molar-refractivity contribution in [3.63, 3.8) is 0 Å². The molecule has 14 heavy (non-hydrogen) atoms. The smallest absolute Gasteiger partial charge is 0.0995 e. The second kappa shape index (κ2) is 9.60. The summed E-state index contributed by atoms with van der Waals surface area (Å²) in [5.74, 6) is 0. The summed E-state index contributed by atoms with van der Waals surface area (Å²) in [6.45, 7) is 9.89. The summed E-state index contributed by atoms with van der Waals surface area (Å²) < 4.78 is 0. The van der Waals surface area contributed by atoms with Crippen LogP contribution in [0.2, 0.25) is 0 Å². The number of hydrogen-bond donors (Lipinski definition) is 1. The van der Waals surface area contributed by atoms with Gasteiger partial charge in [0.25, 0.3) is 0 Å². The van der Waals surface area contributed by atoms with Crippen molar-refractivity contribution in [2.45, 2.75) is 34.6 Å². The first-order valence-electron chi connectivity index (χ1n) is 5.00. The highest BCUT2D eigenvalue weighted by molar-refractivity contribution is 5.49. The van der Waals surface area contributed by atoms with Gasteiger partial charge in [-0.05, 0) is 24.6 Å². The summed E-state index contributed by atoms with van der Waals surface area (Å²) in [6, 6.07) is 7.36. The van der Waals surface area contributed by atoms with E-state index in [2.05, 4.69) is 6.07 Å². The summed E-state index contributed by atoms with van der Waals surface area (Å²) in [5.41, 5.74) is 7.71. The van der Waals surface area contributed by atoms with E-state index in [-0.39, 0.29) is 0 Å². The number of nitrogens with zero attached hydrogens (tertiary/aromatic N) is 1. The summed E-state index contributed by atoms with van der Waals surface area (Å²) in [4.78, 5) is 0. The summed E-state index contributed by atoms with van der Waals surface area (Å²) in [6.07, 6.45) is 0. The van der Waals surface area contributed by atoms with Crippen molar-refractivity contribution >= 4 is 5.69 Å². The molecule has 0 saturated heterocycles. The van der Waals surface area contributed by atoms with Gasteiger partial charge in [-0.15, -0.1) is 0 Å². The third-order valence-corrected chi connectivity index (χ3v) is 1.38. The Morgan fingerprint density at radius 3 is 2.00 bits per heavy atom. The van der Waals surface area contributed by atoms with Crippen molar-refractivity contribution in [1.82, 2.24) is 0 Å². The van der Waals surface area contributed by atoms with Crippen LogP contribution >= 0.6 is 0 Å². The monoisotopic (exact) mass is 192 g/mol. The standard InChI is InChI=1S/C8H8N2.2C2H6/c1-6-2-3-8(10)4-7(6)5-9;2*1-2/h2-4H,10H2,1H3;2*1-2H3. The minimum Gasteiger partial charge on any atom is -0.399 e. The number of nitrogens with two attached hydrogens (primary N) is 1.